The predicted molar refractivity (Wildman–Crippen MR) is 79.2 cm³/mol. The summed E-state index contributed by atoms with van der Waals surface area (Å²) in [5.74, 6) is 0.646. The average molecular weight is 300 g/mol. The Morgan fingerprint density at radius 2 is 2.26 bits per heavy atom. The van der Waals surface area contributed by atoms with Crippen molar-refractivity contribution in [3.05, 3.63) is 28.8 Å². The summed E-state index contributed by atoms with van der Waals surface area (Å²) >= 11 is 10.3. The number of hydrogen-bond acceptors (Lipinski definition) is 3. The maximum Gasteiger partial charge on any atom is 0.255 e. The topological polar surface area (TPSA) is 29.5 Å². The number of thiol groups is 1. The second-order valence-electron chi connectivity index (χ2n) is 4.91. The first kappa shape index (κ1) is 14.7. The van der Waals surface area contributed by atoms with E-state index in [2.05, 4.69) is 12.6 Å². The number of carbonyl (C=O) groups excluding carboxylic acids is 1. The Morgan fingerprint density at radius 3 is 2.95 bits per heavy atom. The minimum Gasteiger partial charge on any atom is -0.379 e. The van der Waals surface area contributed by atoms with Crippen molar-refractivity contribution in [1.29, 1.82) is 0 Å². The molecule has 1 amide bonds. The molecule has 5 heteroatoms. The molecule has 0 bridgehead atoms. The molecule has 0 atom stereocenters. The van der Waals surface area contributed by atoms with Crippen LogP contribution in [0.1, 0.15) is 23.2 Å². The molecular formula is C14H18ClNO2S. The molecule has 0 aromatic heterocycles. The fraction of sp³-hybridized carbons (Fsp3) is 0.500. The Hall–Kier alpha value is -0.710. The van der Waals surface area contributed by atoms with E-state index in [1.807, 2.05) is 0 Å². The van der Waals surface area contributed by atoms with Crippen molar-refractivity contribution in [2.45, 2.75) is 17.7 Å². The Bertz CT molecular complexity index is 463. The van der Waals surface area contributed by atoms with Gasteiger partial charge in [-0.2, -0.15) is 0 Å². The summed E-state index contributed by atoms with van der Waals surface area (Å²) < 4.78 is 5.53. The largest absolute Gasteiger partial charge is 0.379 e. The first-order valence-corrected chi connectivity index (χ1v) is 7.22. The smallest absolute Gasteiger partial charge is 0.255 e. The molecule has 2 rings (SSSR count). The highest BCUT2D eigenvalue weighted by Crippen LogP contribution is 2.28. The summed E-state index contributed by atoms with van der Waals surface area (Å²) in [6.07, 6.45) is 2.55. The number of carbonyl (C=O) groups is 1. The standard InChI is InChI=1S/C14H18ClNO2S/c1-16(6-7-18-9-10-2-3-10)14(17)12-8-11(19)4-5-13(12)15/h4-5,8,10,19H,2-3,6-7,9H2,1H3. The summed E-state index contributed by atoms with van der Waals surface area (Å²) in [5, 5.41) is 0.452. The van der Waals surface area contributed by atoms with E-state index in [0.29, 0.717) is 23.7 Å². The van der Waals surface area contributed by atoms with Gasteiger partial charge in [0.2, 0.25) is 0 Å². The molecule has 19 heavy (non-hydrogen) atoms. The van der Waals surface area contributed by atoms with Crippen LogP contribution in [0.4, 0.5) is 0 Å². The molecule has 1 saturated carbocycles. The monoisotopic (exact) mass is 299 g/mol. The van der Waals surface area contributed by atoms with Crippen molar-refractivity contribution in [3.63, 3.8) is 0 Å². The van der Waals surface area contributed by atoms with Crippen LogP contribution in [0, 0.1) is 5.92 Å². The third-order valence-corrected chi connectivity index (χ3v) is 3.76. The minimum atomic E-state index is -0.101. The van der Waals surface area contributed by atoms with E-state index in [4.69, 9.17) is 16.3 Å². The van der Waals surface area contributed by atoms with E-state index in [-0.39, 0.29) is 5.91 Å². The fourth-order valence-electron chi connectivity index (χ4n) is 1.72. The lowest BCUT2D eigenvalue weighted by atomic mass is 10.2. The van der Waals surface area contributed by atoms with E-state index in [1.54, 1.807) is 30.1 Å². The van der Waals surface area contributed by atoms with Crippen LogP contribution in [-0.4, -0.2) is 37.6 Å². The quantitative estimate of drug-likeness (QED) is 0.646. The lowest BCUT2D eigenvalue weighted by Gasteiger charge is -2.18. The number of benzene rings is 1. The molecule has 0 heterocycles. The van der Waals surface area contributed by atoms with Crippen LogP contribution in [-0.2, 0) is 4.74 Å². The molecule has 1 aromatic carbocycles. The number of hydrogen-bond donors (Lipinski definition) is 1. The normalized spacial score (nSPS) is 14.5. The van der Waals surface area contributed by atoms with Gasteiger partial charge in [-0.05, 0) is 37.0 Å². The van der Waals surface area contributed by atoms with Crippen molar-refractivity contribution in [1.82, 2.24) is 4.90 Å². The van der Waals surface area contributed by atoms with Crippen molar-refractivity contribution < 1.29 is 9.53 Å². The first-order valence-electron chi connectivity index (χ1n) is 6.39. The zero-order valence-corrected chi connectivity index (χ0v) is 12.6. The minimum absolute atomic E-state index is 0.101. The van der Waals surface area contributed by atoms with Gasteiger partial charge in [-0.15, -0.1) is 12.6 Å². The van der Waals surface area contributed by atoms with E-state index in [0.717, 1.165) is 17.4 Å². The summed E-state index contributed by atoms with van der Waals surface area (Å²) in [4.78, 5) is 14.6. The molecule has 1 aliphatic carbocycles. The van der Waals surface area contributed by atoms with Crippen LogP contribution in [0.3, 0.4) is 0 Å². The molecule has 1 aromatic rings. The number of likely N-dealkylation sites (N-methyl/N-ethyl adjacent to an activating group) is 1. The van der Waals surface area contributed by atoms with Gasteiger partial charge in [0, 0.05) is 25.1 Å². The van der Waals surface area contributed by atoms with Crippen LogP contribution in [0.2, 0.25) is 5.02 Å². The lowest BCUT2D eigenvalue weighted by Crippen LogP contribution is -2.30. The summed E-state index contributed by atoms with van der Waals surface area (Å²) in [6.45, 7) is 1.95. The van der Waals surface area contributed by atoms with Gasteiger partial charge in [0.15, 0.2) is 0 Å². The molecule has 0 saturated heterocycles. The molecule has 3 nitrogen and oxygen atoms in total. The average Bonchev–Trinajstić information content (AvgIpc) is 3.20. The lowest BCUT2D eigenvalue weighted by molar-refractivity contribution is 0.0681. The number of ether oxygens (including phenoxy) is 1. The molecule has 0 spiro atoms. The maximum atomic E-state index is 12.2. The Kier molecular flexibility index (Phi) is 5.13. The molecule has 0 aliphatic heterocycles. The van der Waals surface area contributed by atoms with Crippen molar-refractivity contribution in [2.75, 3.05) is 26.8 Å². The number of amides is 1. The third-order valence-electron chi connectivity index (χ3n) is 3.15. The fourth-order valence-corrected chi connectivity index (χ4v) is 2.12. The highest BCUT2D eigenvalue weighted by atomic mass is 35.5. The van der Waals surface area contributed by atoms with Crippen LogP contribution >= 0.6 is 24.2 Å². The van der Waals surface area contributed by atoms with Crippen LogP contribution < -0.4 is 0 Å². The van der Waals surface area contributed by atoms with Gasteiger partial charge in [-0.3, -0.25) is 4.79 Å². The van der Waals surface area contributed by atoms with E-state index >= 15 is 0 Å². The van der Waals surface area contributed by atoms with Crippen molar-refractivity contribution in [3.8, 4) is 0 Å². The second-order valence-corrected chi connectivity index (χ2v) is 5.83. The van der Waals surface area contributed by atoms with E-state index in [9.17, 15) is 4.79 Å². The Labute approximate surface area is 124 Å². The zero-order chi connectivity index (χ0) is 13.8. The van der Waals surface area contributed by atoms with Gasteiger partial charge in [0.05, 0.1) is 17.2 Å². The van der Waals surface area contributed by atoms with Crippen molar-refractivity contribution >= 4 is 30.1 Å². The highest BCUT2D eigenvalue weighted by molar-refractivity contribution is 7.80. The number of rotatable bonds is 6. The van der Waals surface area contributed by atoms with Gasteiger partial charge in [-0.1, -0.05) is 11.6 Å². The molecule has 0 radical (unpaired) electrons. The Balaban J connectivity index is 1.84. The zero-order valence-electron chi connectivity index (χ0n) is 10.9. The highest BCUT2D eigenvalue weighted by Gasteiger charge is 2.21. The van der Waals surface area contributed by atoms with Gasteiger partial charge in [0.1, 0.15) is 0 Å². The molecule has 1 aliphatic rings. The maximum absolute atomic E-state index is 12.2. The Morgan fingerprint density at radius 1 is 1.53 bits per heavy atom. The number of halogens is 1. The van der Waals surface area contributed by atoms with Crippen LogP contribution in [0.25, 0.3) is 0 Å². The van der Waals surface area contributed by atoms with Crippen molar-refractivity contribution in [2.24, 2.45) is 5.92 Å². The predicted octanol–water partition coefficient (Wildman–Crippen LogP) is 3.13. The van der Waals surface area contributed by atoms with E-state index in [1.165, 1.54) is 12.8 Å². The molecule has 0 N–H and O–H groups in total. The van der Waals surface area contributed by atoms with Gasteiger partial charge in [0.25, 0.3) is 5.91 Å². The summed E-state index contributed by atoms with van der Waals surface area (Å²) in [5.41, 5.74) is 0.485. The van der Waals surface area contributed by atoms with E-state index < -0.39 is 0 Å². The molecular weight excluding hydrogens is 282 g/mol. The second kappa shape index (κ2) is 6.64. The first-order chi connectivity index (χ1) is 9.08. The number of nitrogens with zero attached hydrogens (tertiary/aromatic N) is 1. The third kappa shape index (κ3) is 4.41. The van der Waals surface area contributed by atoms with Gasteiger partial charge < -0.3 is 9.64 Å². The SMILES string of the molecule is CN(CCOCC1CC1)C(=O)c1cc(S)ccc1Cl. The van der Waals surface area contributed by atoms with Crippen LogP contribution in [0.15, 0.2) is 23.1 Å². The molecule has 1 fully saturated rings. The van der Waals surface area contributed by atoms with Gasteiger partial charge in [-0.25, -0.2) is 0 Å². The summed E-state index contributed by atoms with van der Waals surface area (Å²) in [7, 11) is 1.75. The molecule has 0 unspecified atom stereocenters. The van der Waals surface area contributed by atoms with Crippen LogP contribution in [0.5, 0.6) is 0 Å². The van der Waals surface area contributed by atoms with Gasteiger partial charge >= 0.3 is 0 Å². The molecule has 104 valence electrons. The summed E-state index contributed by atoms with van der Waals surface area (Å²) in [6, 6.07) is 5.14.